The minimum atomic E-state index is 0.327. The van der Waals surface area contributed by atoms with Gasteiger partial charge in [-0.3, -0.25) is 0 Å². The van der Waals surface area contributed by atoms with Crippen molar-refractivity contribution >= 4 is 39.0 Å². The largest absolute Gasteiger partial charge is 0.494 e. The van der Waals surface area contributed by atoms with Gasteiger partial charge in [-0.15, -0.1) is 11.3 Å². The van der Waals surface area contributed by atoms with Gasteiger partial charge in [0.15, 0.2) is 0 Å². The molecule has 2 unspecified atom stereocenters. The average Bonchev–Trinajstić information content (AvgIpc) is 2.96. The molecule has 1 aliphatic rings. The van der Waals surface area contributed by atoms with Gasteiger partial charge in [-0.1, -0.05) is 26.0 Å². The topological polar surface area (TPSA) is 38.3 Å². The number of ether oxygens (including phenoxy) is 1. The molecule has 148 valence electrons. The Hall–Kier alpha value is -1.85. The first-order valence-electron chi connectivity index (χ1n) is 9.91. The lowest BCUT2D eigenvalue weighted by Crippen LogP contribution is -2.39. The quantitative estimate of drug-likeness (QED) is 0.475. The summed E-state index contributed by atoms with van der Waals surface area (Å²) in [6.07, 6.45) is 1.26. The maximum absolute atomic E-state index is 6.32. The first-order chi connectivity index (χ1) is 13.5. The fraction of sp³-hybridized carbons (Fsp3) is 0.455. The van der Waals surface area contributed by atoms with Crippen LogP contribution in [0.15, 0.2) is 24.3 Å². The van der Waals surface area contributed by atoms with Gasteiger partial charge >= 0.3 is 0 Å². The lowest BCUT2D eigenvalue weighted by molar-refractivity contribution is 0.340. The summed E-state index contributed by atoms with van der Waals surface area (Å²) in [6, 6.07) is 8.31. The van der Waals surface area contributed by atoms with Crippen molar-refractivity contribution < 1.29 is 4.74 Å². The molecule has 28 heavy (non-hydrogen) atoms. The van der Waals surface area contributed by atoms with E-state index in [0.717, 1.165) is 40.4 Å². The SMILES string of the molecule is CCOc1ccc(-c2c(C)sc3nc(Cl)nc(N4CC(C)CC(C)C4)c23)cc1. The molecule has 0 amide bonds. The first-order valence-corrected chi connectivity index (χ1v) is 11.1. The van der Waals surface area contributed by atoms with E-state index in [-0.39, 0.29) is 0 Å². The maximum atomic E-state index is 6.32. The summed E-state index contributed by atoms with van der Waals surface area (Å²) >= 11 is 8.01. The zero-order valence-electron chi connectivity index (χ0n) is 16.8. The molecule has 2 atom stereocenters. The molecule has 0 spiro atoms. The van der Waals surface area contributed by atoms with Crippen LogP contribution < -0.4 is 9.64 Å². The molecule has 1 aromatic carbocycles. The lowest BCUT2D eigenvalue weighted by Gasteiger charge is -2.36. The normalized spacial score (nSPS) is 20.0. The molecule has 0 N–H and O–H groups in total. The van der Waals surface area contributed by atoms with E-state index in [1.54, 1.807) is 11.3 Å². The van der Waals surface area contributed by atoms with Gasteiger partial charge in [0, 0.05) is 23.5 Å². The van der Waals surface area contributed by atoms with E-state index >= 15 is 0 Å². The van der Waals surface area contributed by atoms with E-state index in [1.165, 1.54) is 16.9 Å². The van der Waals surface area contributed by atoms with Crippen LogP contribution >= 0.6 is 22.9 Å². The molecule has 3 heterocycles. The number of benzene rings is 1. The fourth-order valence-corrected chi connectivity index (χ4v) is 5.62. The van der Waals surface area contributed by atoms with Crippen LogP contribution in [0.1, 0.15) is 32.1 Å². The van der Waals surface area contributed by atoms with Crippen LogP contribution in [0.25, 0.3) is 21.3 Å². The summed E-state index contributed by atoms with van der Waals surface area (Å²) in [6.45, 7) is 11.5. The molecule has 1 fully saturated rings. The van der Waals surface area contributed by atoms with Crippen LogP contribution in [0.3, 0.4) is 0 Å². The van der Waals surface area contributed by atoms with Crippen molar-refractivity contribution in [1.29, 1.82) is 0 Å². The van der Waals surface area contributed by atoms with Gasteiger partial charge < -0.3 is 9.64 Å². The van der Waals surface area contributed by atoms with Gasteiger partial charge in [0.25, 0.3) is 0 Å². The number of aromatic nitrogens is 2. The third-order valence-electron chi connectivity index (χ3n) is 5.30. The molecule has 0 radical (unpaired) electrons. The number of hydrogen-bond donors (Lipinski definition) is 0. The number of thiophene rings is 1. The number of piperidine rings is 1. The van der Waals surface area contributed by atoms with E-state index < -0.39 is 0 Å². The van der Waals surface area contributed by atoms with Gasteiger partial charge in [-0.2, -0.15) is 4.98 Å². The van der Waals surface area contributed by atoms with Crippen molar-refractivity contribution in [2.45, 2.75) is 34.1 Å². The predicted molar refractivity (Wildman–Crippen MR) is 119 cm³/mol. The highest BCUT2D eigenvalue weighted by molar-refractivity contribution is 7.19. The molecule has 6 heteroatoms. The Morgan fingerprint density at radius 3 is 2.46 bits per heavy atom. The molecule has 0 saturated carbocycles. The summed E-state index contributed by atoms with van der Waals surface area (Å²) in [4.78, 5) is 13.8. The minimum absolute atomic E-state index is 0.327. The molecule has 0 bridgehead atoms. The smallest absolute Gasteiger partial charge is 0.225 e. The highest BCUT2D eigenvalue weighted by Gasteiger charge is 2.27. The van der Waals surface area contributed by atoms with E-state index in [0.29, 0.717) is 23.7 Å². The number of fused-ring (bicyclic) bond motifs is 1. The van der Waals surface area contributed by atoms with Gasteiger partial charge in [0.1, 0.15) is 16.4 Å². The van der Waals surface area contributed by atoms with Crippen LogP contribution in [0.5, 0.6) is 5.75 Å². The fourth-order valence-electron chi connectivity index (χ4n) is 4.37. The highest BCUT2D eigenvalue weighted by atomic mass is 35.5. The zero-order valence-corrected chi connectivity index (χ0v) is 18.4. The maximum Gasteiger partial charge on any atom is 0.225 e. The van der Waals surface area contributed by atoms with Crippen molar-refractivity contribution in [3.63, 3.8) is 0 Å². The number of halogens is 1. The number of anilines is 1. The van der Waals surface area contributed by atoms with Crippen LogP contribution in [0.2, 0.25) is 5.28 Å². The summed E-state index contributed by atoms with van der Waals surface area (Å²) in [5.41, 5.74) is 2.37. The summed E-state index contributed by atoms with van der Waals surface area (Å²) in [5.74, 6) is 3.14. The van der Waals surface area contributed by atoms with Gasteiger partial charge in [0.2, 0.25) is 5.28 Å². The number of aryl methyl sites for hydroxylation is 1. The molecular formula is C22H26ClN3OS. The summed E-state index contributed by atoms with van der Waals surface area (Å²) < 4.78 is 5.61. The Kier molecular flexibility index (Phi) is 5.48. The van der Waals surface area contributed by atoms with Crippen molar-refractivity contribution in [3.8, 4) is 16.9 Å². The van der Waals surface area contributed by atoms with Crippen LogP contribution in [-0.2, 0) is 0 Å². The Bertz CT molecular complexity index is 976. The van der Waals surface area contributed by atoms with Gasteiger partial charge in [-0.05, 0) is 61.4 Å². The van der Waals surface area contributed by atoms with Gasteiger partial charge in [-0.25, -0.2) is 4.98 Å². The van der Waals surface area contributed by atoms with Crippen molar-refractivity contribution in [2.24, 2.45) is 11.8 Å². The first kappa shape index (κ1) is 19.5. The molecule has 4 nitrogen and oxygen atoms in total. The Morgan fingerprint density at radius 2 is 1.82 bits per heavy atom. The van der Waals surface area contributed by atoms with E-state index in [1.807, 2.05) is 19.1 Å². The third-order valence-corrected chi connectivity index (χ3v) is 6.47. The van der Waals surface area contributed by atoms with E-state index in [9.17, 15) is 0 Å². The Morgan fingerprint density at radius 1 is 1.14 bits per heavy atom. The molecule has 1 aliphatic heterocycles. The second-order valence-electron chi connectivity index (χ2n) is 7.84. The highest BCUT2D eigenvalue weighted by Crippen LogP contribution is 2.43. The predicted octanol–water partition coefficient (Wildman–Crippen LogP) is 6.20. The Labute approximate surface area is 175 Å². The van der Waals surface area contributed by atoms with Crippen molar-refractivity contribution in [2.75, 3.05) is 24.6 Å². The molecular weight excluding hydrogens is 390 g/mol. The molecule has 0 aliphatic carbocycles. The lowest BCUT2D eigenvalue weighted by atomic mass is 9.91. The van der Waals surface area contributed by atoms with E-state index in [2.05, 4.69) is 42.8 Å². The second kappa shape index (κ2) is 7.88. The number of nitrogens with zero attached hydrogens (tertiary/aromatic N) is 3. The van der Waals surface area contributed by atoms with Crippen molar-refractivity contribution in [1.82, 2.24) is 9.97 Å². The van der Waals surface area contributed by atoms with Gasteiger partial charge in [0.05, 0.1) is 12.0 Å². The average molecular weight is 416 g/mol. The zero-order chi connectivity index (χ0) is 19.8. The minimum Gasteiger partial charge on any atom is -0.494 e. The number of rotatable bonds is 4. The Balaban J connectivity index is 1.86. The molecule has 2 aromatic heterocycles. The van der Waals surface area contributed by atoms with E-state index in [4.69, 9.17) is 21.3 Å². The third kappa shape index (κ3) is 3.70. The number of hydrogen-bond acceptors (Lipinski definition) is 5. The molecule has 1 saturated heterocycles. The summed E-state index contributed by atoms with van der Waals surface area (Å²) in [5, 5.41) is 1.45. The van der Waals surface area contributed by atoms with Crippen LogP contribution in [0, 0.1) is 18.8 Å². The molecule has 4 rings (SSSR count). The monoisotopic (exact) mass is 415 g/mol. The standard InChI is InChI=1S/C22H26ClN3OS/c1-5-27-17-8-6-16(7-9-17)18-15(4)28-21-19(18)20(24-22(23)25-21)26-11-13(2)10-14(3)12-26/h6-9,13-14H,5,10-12H2,1-4H3. The second-order valence-corrected chi connectivity index (χ2v) is 9.38. The van der Waals surface area contributed by atoms with Crippen molar-refractivity contribution in [3.05, 3.63) is 34.4 Å². The van der Waals surface area contributed by atoms with Crippen LogP contribution in [0.4, 0.5) is 5.82 Å². The molecule has 3 aromatic rings. The summed E-state index contributed by atoms with van der Waals surface area (Å²) in [7, 11) is 0. The van der Waals surface area contributed by atoms with Crippen LogP contribution in [-0.4, -0.2) is 29.7 Å².